The van der Waals surface area contributed by atoms with Crippen LogP contribution in [0.15, 0.2) is 54.6 Å². The van der Waals surface area contributed by atoms with Gasteiger partial charge in [0.1, 0.15) is 0 Å². The van der Waals surface area contributed by atoms with E-state index >= 15 is 0 Å². The second-order valence-electron chi connectivity index (χ2n) is 5.55. The number of nitrogens with zero attached hydrogens (tertiary/aromatic N) is 1. The molecular formula is C18H21ClN2O2. The minimum atomic E-state index is -0.751. The van der Waals surface area contributed by atoms with E-state index in [2.05, 4.69) is 0 Å². The first-order valence-electron chi connectivity index (χ1n) is 7.48. The van der Waals surface area contributed by atoms with Crippen LogP contribution in [0.25, 0.3) is 0 Å². The number of aliphatic hydroxyl groups excluding tert-OH is 1. The maximum absolute atomic E-state index is 11.4. The van der Waals surface area contributed by atoms with E-state index in [0.717, 1.165) is 5.56 Å². The summed E-state index contributed by atoms with van der Waals surface area (Å²) in [6.45, 7) is 2.36. The smallest absolute Gasteiger partial charge is 0.231 e. The van der Waals surface area contributed by atoms with Crippen LogP contribution in [0.1, 0.15) is 30.2 Å². The Bertz CT molecular complexity index is 648. The van der Waals surface area contributed by atoms with Gasteiger partial charge in [-0.05, 0) is 30.2 Å². The Morgan fingerprint density at radius 2 is 1.83 bits per heavy atom. The molecule has 0 aliphatic rings. The molecule has 2 rings (SSSR count). The topological polar surface area (TPSA) is 66.6 Å². The highest BCUT2D eigenvalue weighted by molar-refractivity contribution is 6.30. The van der Waals surface area contributed by atoms with E-state index in [0.29, 0.717) is 17.1 Å². The minimum Gasteiger partial charge on any atom is -0.387 e. The average molecular weight is 333 g/mol. The van der Waals surface area contributed by atoms with Gasteiger partial charge in [0, 0.05) is 17.6 Å². The van der Waals surface area contributed by atoms with Crippen molar-refractivity contribution in [2.24, 2.45) is 5.73 Å². The van der Waals surface area contributed by atoms with Gasteiger partial charge in [-0.2, -0.15) is 0 Å². The summed E-state index contributed by atoms with van der Waals surface area (Å²) in [6.07, 6.45) is -0.751. The lowest BCUT2D eigenvalue weighted by Crippen LogP contribution is -2.38. The van der Waals surface area contributed by atoms with Crippen molar-refractivity contribution in [3.05, 3.63) is 70.7 Å². The lowest BCUT2D eigenvalue weighted by atomic mass is 10.0. The second-order valence-corrected chi connectivity index (χ2v) is 5.99. The monoisotopic (exact) mass is 332 g/mol. The van der Waals surface area contributed by atoms with Gasteiger partial charge in [0.25, 0.3) is 0 Å². The van der Waals surface area contributed by atoms with Gasteiger partial charge in [0.15, 0.2) is 0 Å². The van der Waals surface area contributed by atoms with E-state index < -0.39 is 12.0 Å². The van der Waals surface area contributed by atoms with Crippen molar-refractivity contribution in [3.63, 3.8) is 0 Å². The van der Waals surface area contributed by atoms with Crippen LogP contribution >= 0.6 is 11.6 Å². The van der Waals surface area contributed by atoms with Crippen LogP contribution < -0.4 is 5.73 Å². The molecule has 0 radical (unpaired) electrons. The molecule has 0 heterocycles. The minimum absolute atomic E-state index is 0.0439. The first-order chi connectivity index (χ1) is 11.0. The third-order valence-electron chi connectivity index (χ3n) is 3.83. The summed E-state index contributed by atoms with van der Waals surface area (Å²) in [7, 11) is 0. The van der Waals surface area contributed by atoms with Crippen molar-refractivity contribution in [1.82, 2.24) is 4.90 Å². The summed E-state index contributed by atoms with van der Waals surface area (Å²) in [6, 6.07) is 16.9. The van der Waals surface area contributed by atoms with E-state index in [1.54, 1.807) is 18.2 Å². The van der Waals surface area contributed by atoms with Crippen molar-refractivity contribution in [2.75, 3.05) is 13.1 Å². The molecule has 4 nitrogen and oxygen atoms in total. The molecule has 122 valence electrons. The molecule has 23 heavy (non-hydrogen) atoms. The molecule has 5 heteroatoms. The lowest BCUT2D eigenvalue weighted by Gasteiger charge is -2.30. The summed E-state index contributed by atoms with van der Waals surface area (Å²) in [5, 5.41) is 11.0. The summed E-state index contributed by atoms with van der Waals surface area (Å²) in [5.41, 5.74) is 7.14. The van der Waals surface area contributed by atoms with Crippen LogP contribution in [-0.4, -0.2) is 29.0 Å². The predicted octanol–water partition coefficient (Wildman–Crippen LogP) is 2.92. The standard InChI is InChI=1S/C18H21ClN2O2/c1-13(14-6-3-2-4-7-14)21(12-18(20)23)11-17(22)15-8-5-9-16(19)10-15/h2-10,13,17,22H,11-12H2,1H3,(H2,20,23)/t13-,17?/m1/s1. The molecule has 0 saturated carbocycles. The summed E-state index contributed by atoms with van der Waals surface area (Å²) in [4.78, 5) is 13.3. The van der Waals surface area contributed by atoms with E-state index in [-0.39, 0.29) is 12.6 Å². The Kier molecular flexibility index (Phi) is 6.16. The first kappa shape index (κ1) is 17.5. The fourth-order valence-electron chi connectivity index (χ4n) is 2.54. The predicted molar refractivity (Wildman–Crippen MR) is 92.0 cm³/mol. The Morgan fingerprint density at radius 1 is 1.17 bits per heavy atom. The molecule has 0 fully saturated rings. The number of aliphatic hydroxyl groups is 1. The molecule has 0 bridgehead atoms. The highest BCUT2D eigenvalue weighted by atomic mass is 35.5. The molecule has 0 spiro atoms. The van der Waals surface area contributed by atoms with Crippen molar-refractivity contribution >= 4 is 17.5 Å². The van der Waals surface area contributed by atoms with Gasteiger partial charge in [-0.1, -0.05) is 54.1 Å². The number of rotatable bonds is 7. The number of hydrogen-bond acceptors (Lipinski definition) is 3. The molecule has 1 amide bonds. The first-order valence-corrected chi connectivity index (χ1v) is 7.86. The van der Waals surface area contributed by atoms with Crippen LogP contribution in [0.2, 0.25) is 5.02 Å². The number of carbonyl (C=O) groups excluding carboxylic acids is 1. The molecule has 0 aliphatic heterocycles. The van der Waals surface area contributed by atoms with Gasteiger partial charge in [0.2, 0.25) is 5.91 Å². The maximum atomic E-state index is 11.4. The number of hydrogen-bond donors (Lipinski definition) is 2. The van der Waals surface area contributed by atoms with Crippen LogP contribution in [0.4, 0.5) is 0 Å². The Morgan fingerprint density at radius 3 is 2.43 bits per heavy atom. The van der Waals surface area contributed by atoms with Gasteiger partial charge in [-0.15, -0.1) is 0 Å². The normalized spacial score (nSPS) is 13.7. The number of primary amides is 1. The highest BCUT2D eigenvalue weighted by Gasteiger charge is 2.21. The zero-order chi connectivity index (χ0) is 16.8. The van der Waals surface area contributed by atoms with Crippen molar-refractivity contribution in [2.45, 2.75) is 19.1 Å². The number of benzene rings is 2. The summed E-state index contributed by atoms with van der Waals surface area (Å²) < 4.78 is 0. The van der Waals surface area contributed by atoms with Gasteiger partial charge in [-0.3, -0.25) is 9.69 Å². The van der Waals surface area contributed by atoms with Crippen LogP contribution in [0, 0.1) is 0 Å². The van der Waals surface area contributed by atoms with E-state index in [4.69, 9.17) is 17.3 Å². The van der Waals surface area contributed by atoms with Crippen molar-refractivity contribution < 1.29 is 9.90 Å². The molecule has 0 aliphatic carbocycles. The Hall–Kier alpha value is -1.88. The van der Waals surface area contributed by atoms with Crippen molar-refractivity contribution in [1.29, 1.82) is 0 Å². The lowest BCUT2D eigenvalue weighted by molar-refractivity contribution is -0.120. The molecule has 2 aromatic carbocycles. The zero-order valence-electron chi connectivity index (χ0n) is 13.0. The molecule has 0 aromatic heterocycles. The van der Waals surface area contributed by atoms with E-state index in [9.17, 15) is 9.90 Å². The van der Waals surface area contributed by atoms with Gasteiger partial charge >= 0.3 is 0 Å². The van der Waals surface area contributed by atoms with E-state index in [1.165, 1.54) is 0 Å². The second kappa shape index (κ2) is 8.11. The summed E-state index contributed by atoms with van der Waals surface area (Å²) >= 11 is 5.97. The van der Waals surface area contributed by atoms with Crippen LogP contribution in [0.3, 0.4) is 0 Å². The molecule has 3 N–H and O–H groups in total. The van der Waals surface area contributed by atoms with Crippen LogP contribution in [-0.2, 0) is 4.79 Å². The molecule has 1 unspecified atom stereocenters. The third kappa shape index (κ3) is 5.06. The van der Waals surface area contributed by atoms with Gasteiger partial charge in [0.05, 0.1) is 12.6 Å². The third-order valence-corrected chi connectivity index (χ3v) is 4.06. The van der Waals surface area contributed by atoms with E-state index in [1.807, 2.05) is 48.2 Å². The Balaban J connectivity index is 2.16. The number of carbonyl (C=O) groups is 1. The molecular weight excluding hydrogens is 312 g/mol. The zero-order valence-corrected chi connectivity index (χ0v) is 13.8. The van der Waals surface area contributed by atoms with Crippen LogP contribution in [0.5, 0.6) is 0 Å². The maximum Gasteiger partial charge on any atom is 0.231 e. The summed E-state index contributed by atoms with van der Waals surface area (Å²) in [5.74, 6) is -0.425. The fourth-order valence-corrected chi connectivity index (χ4v) is 2.74. The number of nitrogens with two attached hydrogens (primary N) is 1. The average Bonchev–Trinajstić information content (AvgIpc) is 2.54. The highest BCUT2D eigenvalue weighted by Crippen LogP contribution is 2.24. The fraction of sp³-hybridized carbons (Fsp3) is 0.278. The molecule has 0 saturated heterocycles. The SMILES string of the molecule is C[C@H](c1ccccc1)N(CC(N)=O)CC(O)c1cccc(Cl)c1. The number of amides is 1. The Labute approximate surface area is 141 Å². The largest absolute Gasteiger partial charge is 0.387 e. The number of halogens is 1. The molecule has 2 atom stereocenters. The quantitative estimate of drug-likeness (QED) is 0.819. The van der Waals surface area contributed by atoms with Gasteiger partial charge in [-0.25, -0.2) is 0 Å². The van der Waals surface area contributed by atoms with Crippen molar-refractivity contribution in [3.8, 4) is 0 Å². The van der Waals surface area contributed by atoms with Gasteiger partial charge < -0.3 is 10.8 Å². The molecule has 2 aromatic rings.